The second-order valence-electron chi connectivity index (χ2n) is 5.88. The highest BCUT2D eigenvalue weighted by Crippen LogP contribution is 2.13. The number of aliphatic hydroxyl groups excluding tert-OH is 1. The second-order valence-corrected chi connectivity index (χ2v) is 5.88. The molecule has 0 aliphatic carbocycles. The molecule has 0 aliphatic heterocycles. The van der Waals surface area contributed by atoms with Crippen molar-refractivity contribution >= 4 is 6.09 Å². The van der Waals surface area contributed by atoms with Crippen molar-refractivity contribution in [3.05, 3.63) is 35.4 Å². The first-order valence-corrected chi connectivity index (χ1v) is 6.73. The molecule has 0 fully saturated rings. The maximum Gasteiger partial charge on any atom is 0.407 e. The Balaban J connectivity index is 2.51. The lowest BCUT2D eigenvalue weighted by atomic mass is 10.00. The average Bonchev–Trinajstić information content (AvgIpc) is 2.36. The van der Waals surface area contributed by atoms with Gasteiger partial charge in [-0.15, -0.1) is 0 Å². The lowest BCUT2D eigenvalue weighted by Gasteiger charge is -2.21. The molecule has 0 heterocycles. The van der Waals surface area contributed by atoms with E-state index < -0.39 is 23.3 Å². The molecule has 0 bridgehead atoms. The minimum absolute atomic E-state index is 0.185. The highest BCUT2D eigenvalue weighted by molar-refractivity contribution is 5.67. The van der Waals surface area contributed by atoms with E-state index >= 15 is 0 Å². The summed E-state index contributed by atoms with van der Waals surface area (Å²) in [5, 5.41) is 11.8. The number of alkyl carbamates (subject to hydrolysis) is 1. The van der Waals surface area contributed by atoms with Crippen LogP contribution in [0.5, 0.6) is 0 Å². The fourth-order valence-electron chi connectivity index (χ4n) is 1.74. The Morgan fingerprint density at radius 3 is 2.52 bits per heavy atom. The fourth-order valence-corrected chi connectivity index (χ4v) is 1.74. The van der Waals surface area contributed by atoms with E-state index in [0.29, 0.717) is 12.0 Å². The SMILES string of the molecule is CC(C)(C)OC(=O)NCC(CO)Cc1ccc(F)c(F)c1. The number of carbonyl (C=O) groups is 1. The van der Waals surface area contributed by atoms with Crippen LogP contribution in [-0.4, -0.2) is 30.0 Å². The molecule has 4 nitrogen and oxygen atoms in total. The van der Waals surface area contributed by atoms with Gasteiger partial charge in [0.1, 0.15) is 5.60 Å². The zero-order chi connectivity index (χ0) is 16.0. The number of ether oxygens (including phenoxy) is 1. The van der Waals surface area contributed by atoms with E-state index in [2.05, 4.69) is 5.32 Å². The molecule has 1 amide bonds. The Labute approximate surface area is 123 Å². The van der Waals surface area contributed by atoms with Gasteiger partial charge < -0.3 is 15.2 Å². The predicted octanol–water partition coefficient (Wildman–Crippen LogP) is 2.64. The quantitative estimate of drug-likeness (QED) is 0.879. The van der Waals surface area contributed by atoms with Gasteiger partial charge in [0.15, 0.2) is 11.6 Å². The number of hydrogen-bond acceptors (Lipinski definition) is 3. The first-order valence-electron chi connectivity index (χ1n) is 6.73. The zero-order valence-corrected chi connectivity index (χ0v) is 12.5. The molecule has 1 aromatic carbocycles. The van der Waals surface area contributed by atoms with E-state index in [0.717, 1.165) is 12.1 Å². The van der Waals surface area contributed by atoms with Crippen molar-refractivity contribution in [1.29, 1.82) is 0 Å². The zero-order valence-electron chi connectivity index (χ0n) is 12.5. The molecule has 0 radical (unpaired) electrons. The van der Waals surface area contributed by atoms with Crippen LogP contribution in [0, 0.1) is 17.6 Å². The summed E-state index contributed by atoms with van der Waals surface area (Å²) >= 11 is 0. The Morgan fingerprint density at radius 2 is 2.00 bits per heavy atom. The van der Waals surface area contributed by atoms with E-state index in [9.17, 15) is 18.7 Å². The molecule has 118 valence electrons. The maximum absolute atomic E-state index is 13.1. The summed E-state index contributed by atoms with van der Waals surface area (Å²) < 4.78 is 31.0. The lowest BCUT2D eigenvalue weighted by molar-refractivity contribution is 0.0512. The fraction of sp³-hybridized carbons (Fsp3) is 0.533. The number of carbonyl (C=O) groups excluding carboxylic acids is 1. The van der Waals surface area contributed by atoms with E-state index in [1.165, 1.54) is 6.07 Å². The number of nitrogens with one attached hydrogen (secondary N) is 1. The average molecular weight is 301 g/mol. The smallest absolute Gasteiger partial charge is 0.407 e. The van der Waals surface area contributed by atoms with Crippen LogP contribution in [0.2, 0.25) is 0 Å². The van der Waals surface area contributed by atoms with Crippen molar-refractivity contribution in [1.82, 2.24) is 5.32 Å². The van der Waals surface area contributed by atoms with Crippen molar-refractivity contribution in [2.45, 2.75) is 32.8 Å². The molecule has 2 N–H and O–H groups in total. The Bertz CT molecular complexity index is 486. The number of halogens is 2. The summed E-state index contributed by atoms with van der Waals surface area (Å²) in [7, 11) is 0. The van der Waals surface area contributed by atoms with Gasteiger partial charge >= 0.3 is 6.09 Å². The van der Waals surface area contributed by atoms with Gasteiger partial charge in [-0.3, -0.25) is 0 Å². The van der Waals surface area contributed by atoms with Crippen molar-refractivity contribution in [2.24, 2.45) is 5.92 Å². The van der Waals surface area contributed by atoms with E-state index in [4.69, 9.17) is 4.74 Å². The molecule has 0 aromatic heterocycles. The van der Waals surface area contributed by atoms with Gasteiger partial charge in [0, 0.05) is 19.1 Å². The second kappa shape index (κ2) is 7.36. The van der Waals surface area contributed by atoms with Crippen molar-refractivity contribution < 1.29 is 23.4 Å². The van der Waals surface area contributed by atoms with E-state index in [1.807, 2.05) is 0 Å². The molecule has 6 heteroatoms. The standard InChI is InChI=1S/C15H21F2NO3/c1-15(2,3)21-14(20)18-8-11(9-19)6-10-4-5-12(16)13(17)7-10/h4-5,7,11,19H,6,8-9H2,1-3H3,(H,18,20). The summed E-state index contributed by atoms with van der Waals surface area (Å²) in [4.78, 5) is 11.5. The normalized spacial score (nSPS) is 12.9. The van der Waals surface area contributed by atoms with Crippen LogP contribution in [-0.2, 0) is 11.2 Å². The summed E-state index contributed by atoms with van der Waals surface area (Å²) in [6, 6.07) is 3.58. The molecular formula is C15H21F2NO3. The predicted molar refractivity (Wildman–Crippen MR) is 74.9 cm³/mol. The van der Waals surface area contributed by atoms with Gasteiger partial charge in [0.2, 0.25) is 0 Å². The molecule has 1 unspecified atom stereocenters. The van der Waals surface area contributed by atoms with Crippen LogP contribution < -0.4 is 5.32 Å². The monoisotopic (exact) mass is 301 g/mol. The van der Waals surface area contributed by atoms with Gasteiger partial charge in [-0.25, -0.2) is 13.6 Å². The van der Waals surface area contributed by atoms with Gasteiger partial charge in [-0.1, -0.05) is 6.07 Å². The Kier molecular flexibility index (Phi) is 6.08. The number of rotatable bonds is 5. The third-order valence-corrected chi connectivity index (χ3v) is 2.70. The van der Waals surface area contributed by atoms with Gasteiger partial charge in [-0.05, 0) is 44.9 Å². The van der Waals surface area contributed by atoms with Crippen molar-refractivity contribution in [3.63, 3.8) is 0 Å². The van der Waals surface area contributed by atoms with E-state index in [1.54, 1.807) is 20.8 Å². The van der Waals surface area contributed by atoms with Gasteiger partial charge in [0.25, 0.3) is 0 Å². The largest absolute Gasteiger partial charge is 0.444 e. The van der Waals surface area contributed by atoms with Crippen LogP contribution in [0.1, 0.15) is 26.3 Å². The number of benzene rings is 1. The number of amides is 1. The number of hydrogen-bond donors (Lipinski definition) is 2. The Hall–Kier alpha value is -1.69. The minimum atomic E-state index is -0.927. The summed E-state index contributed by atoms with van der Waals surface area (Å²) in [6.45, 7) is 5.24. The van der Waals surface area contributed by atoms with Crippen LogP contribution in [0.15, 0.2) is 18.2 Å². The van der Waals surface area contributed by atoms with Crippen LogP contribution in [0.4, 0.5) is 13.6 Å². The molecular weight excluding hydrogens is 280 g/mol. The van der Waals surface area contributed by atoms with Gasteiger partial charge in [0.05, 0.1) is 0 Å². The van der Waals surface area contributed by atoms with Crippen molar-refractivity contribution in [2.75, 3.05) is 13.2 Å². The molecule has 1 atom stereocenters. The Morgan fingerprint density at radius 1 is 1.33 bits per heavy atom. The van der Waals surface area contributed by atoms with Crippen LogP contribution in [0.3, 0.4) is 0 Å². The molecule has 21 heavy (non-hydrogen) atoms. The first kappa shape index (κ1) is 17.4. The highest BCUT2D eigenvalue weighted by Gasteiger charge is 2.17. The van der Waals surface area contributed by atoms with Crippen molar-refractivity contribution in [3.8, 4) is 0 Å². The molecule has 0 spiro atoms. The first-order chi connectivity index (χ1) is 9.71. The third kappa shape index (κ3) is 6.53. The highest BCUT2D eigenvalue weighted by atomic mass is 19.2. The summed E-state index contributed by atoms with van der Waals surface area (Å²) in [5.41, 5.74) is -0.0438. The van der Waals surface area contributed by atoms with Crippen LogP contribution >= 0.6 is 0 Å². The molecule has 0 saturated heterocycles. The molecule has 1 rings (SSSR count). The molecule has 0 aliphatic rings. The summed E-state index contributed by atoms with van der Waals surface area (Å²) in [6.07, 6.45) is -0.255. The van der Waals surface area contributed by atoms with Crippen LogP contribution in [0.25, 0.3) is 0 Å². The molecule has 0 saturated carbocycles. The lowest BCUT2D eigenvalue weighted by Crippen LogP contribution is -2.36. The third-order valence-electron chi connectivity index (χ3n) is 2.70. The number of aliphatic hydroxyl groups is 1. The minimum Gasteiger partial charge on any atom is -0.444 e. The van der Waals surface area contributed by atoms with Gasteiger partial charge in [-0.2, -0.15) is 0 Å². The molecule has 1 aromatic rings. The maximum atomic E-state index is 13.1. The topological polar surface area (TPSA) is 58.6 Å². The van der Waals surface area contributed by atoms with E-state index in [-0.39, 0.29) is 19.1 Å². The summed E-state index contributed by atoms with van der Waals surface area (Å²) in [5.74, 6) is -2.14.